The summed E-state index contributed by atoms with van der Waals surface area (Å²) in [6, 6.07) is 7.67. The summed E-state index contributed by atoms with van der Waals surface area (Å²) in [6.07, 6.45) is 8.85. The predicted octanol–water partition coefficient (Wildman–Crippen LogP) is 4.15. The van der Waals surface area contributed by atoms with E-state index in [1.54, 1.807) is 40.9 Å². The Morgan fingerprint density at radius 1 is 1.22 bits per heavy atom. The van der Waals surface area contributed by atoms with E-state index in [1.807, 2.05) is 26.8 Å². The summed E-state index contributed by atoms with van der Waals surface area (Å²) >= 11 is 0. The van der Waals surface area contributed by atoms with Gasteiger partial charge in [0.1, 0.15) is 11.4 Å². The Bertz CT molecular complexity index is 1270. The van der Waals surface area contributed by atoms with E-state index in [0.29, 0.717) is 18.5 Å². The Hall–Kier alpha value is -3.62. The highest BCUT2D eigenvalue weighted by atomic mass is 16.6. The van der Waals surface area contributed by atoms with E-state index in [4.69, 9.17) is 14.5 Å². The maximum atomic E-state index is 13.3. The molecule has 0 spiro atoms. The number of hydrogen-bond acceptors (Lipinski definition) is 7. The van der Waals surface area contributed by atoms with Crippen molar-refractivity contribution in [1.29, 1.82) is 0 Å². The van der Waals surface area contributed by atoms with Crippen LogP contribution < -0.4 is 15.7 Å². The van der Waals surface area contributed by atoms with Gasteiger partial charge in [-0.15, -0.1) is 0 Å². The maximum Gasteiger partial charge on any atom is 0.328 e. The molecule has 9 nitrogen and oxygen atoms in total. The number of pyridine rings is 2. The van der Waals surface area contributed by atoms with Crippen LogP contribution in [0.4, 0.5) is 5.82 Å². The largest absolute Gasteiger partial charge is 0.481 e. The molecule has 0 bridgehead atoms. The molecular weight excluding hydrogens is 470 g/mol. The van der Waals surface area contributed by atoms with Crippen LogP contribution in [-0.4, -0.2) is 43.8 Å². The number of nitrogens with one attached hydrogen (secondary N) is 1. The first-order valence-electron chi connectivity index (χ1n) is 12.9. The molecular formula is C28H37N5O4. The zero-order chi connectivity index (χ0) is 26.6. The lowest BCUT2D eigenvalue weighted by Gasteiger charge is -2.23. The van der Waals surface area contributed by atoms with Gasteiger partial charge in [-0.25, -0.2) is 14.8 Å². The lowest BCUT2D eigenvalue weighted by Crippen LogP contribution is -2.31. The van der Waals surface area contributed by atoms with Gasteiger partial charge in [0.15, 0.2) is 0 Å². The zero-order valence-corrected chi connectivity index (χ0v) is 22.4. The fourth-order valence-corrected chi connectivity index (χ4v) is 4.57. The lowest BCUT2D eigenvalue weighted by atomic mass is 10.0. The quantitative estimate of drug-likeness (QED) is 0.434. The number of anilines is 1. The van der Waals surface area contributed by atoms with E-state index in [1.165, 1.54) is 5.56 Å². The van der Waals surface area contributed by atoms with Crippen molar-refractivity contribution in [2.75, 3.05) is 12.4 Å². The highest BCUT2D eigenvalue weighted by Crippen LogP contribution is 2.25. The molecule has 4 heterocycles. The van der Waals surface area contributed by atoms with E-state index in [9.17, 15) is 9.59 Å². The molecule has 2 unspecified atom stereocenters. The van der Waals surface area contributed by atoms with Crippen molar-refractivity contribution in [3.63, 3.8) is 0 Å². The zero-order valence-electron chi connectivity index (χ0n) is 22.4. The summed E-state index contributed by atoms with van der Waals surface area (Å²) in [6.45, 7) is 8.20. The Morgan fingerprint density at radius 3 is 2.73 bits per heavy atom. The molecule has 0 amide bonds. The third-order valence-corrected chi connectivity index (χ3v) is 6.44. The van der Waals surface area contributed by atoms with Crippen molar-refractivity contribution >= 4 is 11.8 Å². The van der Waals surface area contributed by atoms with Crippen molar-refractivity contribution in [1.82, 2.24) is 19.1 Å². The van der Waals surface area contributed by atoms with E-state index in [2.05, 4.69) is 29.4 Å². The number of methoxy groups -OCH3 is 1. The fourth-order valence-electron chi connectivity index (χ4n) is 4.57. The fraction of sp³-hybridized carbons (Fsp3) is 0.500. The van der Waals surface area contributed by atoms with Crippen molar-refractivity contribution in [3.8, 4) is 5.88 Å². The Kier molecular flexibility index (Phi) is 8.00. The van der Waals surface area contributed by atoms with Crippen molar-refractivity contribution < 1.29 is 14.3 Å². The van der Waals surface area contributed by atoms with Crippen LogP contribution >= 0.6 is 0 Å². The first kappa shape index (κ1) is 26.4. The maximum absolute atomic E-state index is 13.3. The summed E-state index contributed by atoms with van der Waals surface area (Å²) in [5.41, 5.74) is 2.21. The smallest absolute Gasteiger partial charge is 0.328 e. The van der Waals surface area contributed by atoms with E-state index >= 15 is 0 Å². The number of hydrogen-bond donors (Lipinski definition) is 1. The van der Waals surface area contributed by atoms with Crippen LogP contribution in [0.1, 0.15) is 69.8 Å². The number of aromatic nitrogens is 4. The predicted molar refractivity (Wildman–Crippen MR) is 142 cm³/mol. The number of carbonyl (C=O) groups excluding carboxylic acids is 1. The third kappa shape index (κ3) is 6.78. The second kappa shape index (κ2) is 11.2. The number of aryl methyl sites for hydroxylation is 3. The molecule has 1 aliphatic rings. The molecule has 0 aliphatic carbocycles. The van der Waals surface area contributed by atoms with Gasteiger partial charge in [-0.05, 0) is 70.6 Å². The molecule has 37 heavy (non-hydrogen) atoms. The van der Waals surface area contributed by atoms with Gasteiger partial charge >= 0.3 is 11.7 Å². The monoisotopic (exact) mass is 507 g/mol. The van der Waals surface area contributed by atoms with Gasteiger partial charge in [-0.2, -0.15) is 0 Å². The summed E-state index contributed by atoms with van der Waals surface area (Å²) in [7, 11) is 1.54. The van der Waals surface area contributed by atoms with Gasteiger partial charge in [-0.1, -0.05) is 12.1 Å². The number of fused-ring (bicyclic) bond motifs is 1. The Balaban J connectivity index is 1.48. The molecule has 3 aromatic heterocycles. The second-order valence-electron chi connectivity index (χ2n) is 10.6. The van der Waals surface area contributed by atoms with Crippen LogP contribution in [0.25, 0.3) is 0 Å². The van der Waals surface area contributed by atoms with E-state index in [-0.39, 0.29) is 18.1 Å². The standard InChI is InChI=1S/C28H37N5O4/c1-19-8-9-20-10-12-22(31-26(20)30-19)7-6-14-32-15-16-33(27(32)35)23(17-25(34)37-28(2,3)4)21-11-13-24(36-5)29-18-21/h10-13,15-16,18-19,23H,6-9,14,17H2,1-5H3,(H,30,31). The first-order valence-corrected chi connectivity index (χ1v) is 12.9. The number of rotatable bonds is 9. The van der Waals surface area contributed by atoms with Crippen molar-refractivity contribution in [2.45, 2.75) is 84.0 Å². The first-order chi connectivity index (χ1) is 17.6. The topological polar surface area (TPSA) is 100 Å². The van der Waals surface area contributed by atoms with Crippen molar-refractivity contribution in [2.24, 2.45) is 0 Å². The lowest BCUT2D eigenvalue weighted by molar-refractivity contribution is -0.155. The number of carbonyl (C=O) groups is 1. The van der Waals surface area contributed by atoms with Crippen molar-refractivity contribution in [3.05, 3.63) is 70.2 Å². The summed E-state index contributed by atoms with van der Waals surface area (Å²) < 4.78 is 14.0. The third-order valence-electron chi connectivity index (χ3n) is 6.44. The molecule has 0 fully saturated rings. The minimum Gasteiger partial charge on any atom is -0.481 e. The Labute approximate surface area is 217 Å². The number of imidazole rings is 1. The van der Waals surface area contributed by atoms with Crippen LogP contribution in [0.5, 0.6) is 5.88 Å². The van der Waals surface area contributed by atoms with Gasteiger partial charge in [-0.3, -0.25) is 13.9 Å². The molecule has 4 rings (SSSR count). The van der Waals surface area contributed by atoms with Crippen LogP contribution in [0.15, 0.2) is 47.7 Å². The van der Waals surface area contributed by atoms with Gasteiger partial charge < -0.3 is 14.8 Å². The molecule has 1 aliphatic heterocycles. The molecule has 0 radical (unpaired) electrons. The number of ether oxygens (including phenoxy) is 2. The van der Waals surface area contributed by atoms with E-state index in [0.717, 1.165) is 42.8 Å². The molecule has 0 aromatic carbocycles. The van der Waals surface area contributed by atoms with Crippen LogP contribution in [0.3, 0.4) is 0 Å². The van der Waals surface area contributed by atoms with Gasteiger partial charge in [0.25, 0.3) is 0 Å². The molecule has 0 saturated carbocycles. The van der Waals surface area contributed by atoms with Crippen LogP contribution in [0, 0.1) is 0 Å². The Morgan fingerprint density at radius 2 is 2.03 bits per heavy atom. The van der Waals surface area contributed by atoms with Crippen LogP contribution in [0.2, 0.25) is 0 Å². The van der Waals surface area contributed by atoms with Gasteiger partial charge in [0.2, 0.25) is 5.88 Å². The highest BCUT2D eigenvalue weighted by molar-refractivity contribution is 5.71. The summed E-state index contributed by atoms with van der Waals surface area (Å²) in [5, 5.41) is 3.47. The van der Waals surface area contributed by atoms with E-state index < -0.39 is 11.6 Å². The molecule has 9 heteroatoms. The number of nitrogens with zero attached hydrogens (tertiary/aromatic N) is 4. The molecule has 1 N–H and O–H groups in total. The molecule has 0 saturated heterocycles. The average molecular weight is 508 g/mol. The summed E-state index contributed by atoms with van der Waals surface area (Å²) in [5.74, 6) is 1.07. The SMILES string of the molecule is COc1ccc(C(CC(=O)OC(C)(C)C)n2ccn(CCCc3ccc4c(n3)NC(C)CC4)c2=O)cn1. The minimum atomic E-state index is -0.616. The second-order valence-corrected chi connectivity index (χ2v) is 10.6. The summed E-state index contributed by atoms with van der Waals surface area (Å²) in [4.78, 5) is 35.1. The molecule has 2 atom stereocenters. The normalized spacial score (nSPS) is 16.0. The highest BCUT2D eigenvalue weighted by Gasteiger charge is 2.25. The van der Waals surface area contributed by atoms with Gasteiger partial charge in [0.05, 0.1) is 19.6 Å². The van der Waals surface area contributed by atoms with Gasteiger partial charge in [0, 0.05) is 42.9 Å². The minimum absolute atomic E-state index is 0.0136. The van der Waals surface area contributed by atoms with Crippen LogP contribution in [-0.2, 0) is 28.9 Å². The average Bonchev–Trinajstić information content (AvgIpc) is 3.21. The molecule has 198 valence electrons. The number of esters is 1. The molecule has 3 aromatic rings.